The molecule has 0 saturated carbocycles. The summed E-state index contributed by atoms with van der Waals surface area (Å²) in [5, 5.41) is 0.470. The smallest absolute Gasteiger partial charge is 0.257 e. The number of rotatable bonds is 5. The predicted molar refractivity (Wildman–Crippen MR) is 119 cm³/mol. The number of sulfonamides is 1. The number of carbonyl (C=O) groups excluding carboxylic acids is 1. The summed E-state index contributed by atoms with van der Waals surface area (Å²) in [6, 6.07) is 11.2. The molecule has 2 aliphatic rings. The van der Waals surface area contributed by atoms with Gasteiger partial charge in [0, 0.05) is 43.6 Å². The van der Waals surface area contributed by atoms with Gasteiger partial charge >= 0.3 is 0 Å². The van der Waals surface area contributed by atoms with Crippen molar-refractivity contribution in [3.63, 3.8) is 0 Å². The zero-order valence-corrected chi connectivity index (χ0v) is 19.5. The molecule has 2 aromatic rings. The Morgan fingerprint density at radius 2 is 1.72 bits per heavy atom. The maximum atomic E-state index is 13.3. The molecule has 10 heteroatoms. The molecule has 32 heavy (non-hydrogen) atoms. The quantitative estimate of drug-likeness (QED) is 0.654. The van der Waals surface area contributed by atoms with Gasteiger partial charge in [-0.15, -0.1) is 0 Å². The van der Waals surface area contributed by atoms with Crippen molar-refractivity contribution in [1.82, 2.24) is 9.21 Å². The Morgan fingerprint density at radius 1 is 1.03 bits per heavy atom. The van der Waals surface area contributed by atoms with Crippen LogP contribution >= 0.6 is 11.6 Å². The van der Waals surface area contributed by atoms with E-state index < -0.39 is 15.7 Å². The second-order valence-corrected chi connectivity index (χ2v) is 9.98. The molecule has 172 valence electrons. The standard InChI is InChI=1S/C22H25ClN2O6S/c1-29-17-5-8-19(20(15-17)30-2)21(26)24-11-9-22(10-12-24)25(13-14-31-22)32(27,28)18-6-3-16(23)4-7-18/h3-8,15H,9-14H2,1-2H3. The zero-order valence-electron chi connectivity index (χ0n) is 17.9. The van der Waals surface area contributed by atoms with Gasteiger partial charge in [-0.05, 0) is 36.4 Å². The van der Waals surface area contributed by atoms with Crippen LogP contribution in [-0.4, -0.2) is 69.7 Å². The van der Waals surface area contributed by atoms with Crippen molar-refractivity contribution in [3.8, 4) is 11.5 Å². The summed E-state index contributed by atoms with van der Waals surface area (Å²) in [6.07, 6.45) is 0.758. The Kier molecular flexibility index (Phi) is 6.35. The Labute approximate surface area is 192 Å². The van der Waals surface area contributed by atoms with Crippen LogP contribution in [-0.2, 0) is 14.8 Å². The summed E-state index contributed by atoms with van der Waals surface area (Å²) < 4.78 is 44.6. The van der Waals surface area contributed by atoms with E-state index in [1.54, 1.807) is 42.3 Å². The molecule has 0 bridgehead atoms. The van der Waals surface area contributed by atoms with E-state index in [4.69, 9.17) is 25.8 Å². The summed E-state index contributed by atoms with van der Waals surface area (Å²) in [7, 11) is -0.709. The summed E-state index contributed by atoms with van der Waals surface area (Å²) >= 11 is 5.91. The van der Waals surface area contributed by atoms with Gasteiger partial charge in [0.1, 0.15) is 17.2 Å². The van der Waals surface area contributed by atoms with Crippen molar-refractivity contribution in [2.75, 3.05) is 40.5 Å². The molecular formula is C22H25ClN2O6S. The number of halogens is 1. The minimum atomic E-state index is -3.76. The third-order valence-electron chi connectivity index (χ3n) is 5.99. The first kappa shape index (κ1) is 22.8. The van der Waals surface area contributed by atoms with Gasteiger partial charge in [0.15, 0.2) is 0 Å². The van der Waals surface area contributed by atoms with Gasteiger partial charge in [0.05, 0.1) is 31.3 Å². The molecule has 2 saturated heterocycles. The fourth-order valence-electron chi connectivity index (χ4n) is 4.27. The second-order valence-electron chi connectivity index (χ2n) is 7.68. The zero-order chi connectivity index (χ0) is 22.9. The summed E-state index contributed by atoms with van der Waals surface area (Å²) in [5.74, 6) is 0.849. The highest BCUT2D eigenvalue weighted by atomic mass is 35.5. The Hall–Kier alpha value is -2.33. The molecule has 0 N–H and O–H groups in total. The highest BCUT2D eigenvalue weighted by molar-refractivity contribution is 7.89. The van der Waals surface area contributed by atoms with Gasteiger partial charge in [-0.2, -0.15) is 4.31 Å². The fourth-order valence-corrected chi connectivity index (χ4v) is 6.11. The average Bonchev–Trinajstić information content (AvgIpc) is 3.22. The fraction of sp³-hybridized carbons (Fsp3) is 0.409. The van der Waals surface area contributed by atoms with Crippen LogP contribution in [0.3, 0.4) is 0 Å². The monoisotopic (exact) mass is 480 g/mol. The van der Waals surface area contributed by atoms with Crippen LogP contribution in [0.5, 0.6) is 11.5 Å². The van der Waals surface area contributed by atoms with Crippen molar-refractivity contribution in [2.24, 2.45) is 0 Å². The highest BCUT2D eigenvalue weighted by Gasteiger charge is 2.51. The topological polar surface area (TPSA) is 85.4 Å². The summed E-state index contributed by atoms with van der Waals surface area (Å²) in [6.45, 7) is 1.31. The molecule has 4 rings (SSSR count). The molecule has 0 unspecified atom stereocenters. The Bertz CT molecular complexity index is 1100. The minimum absolute atomic E-state index is 0.174. The molecule has 2 aliphatic heterocycles. The van der Waals surface area contributed by atoms with Crippen molar-refractivity contribution in [3.05, 3.63) is 53.1 Å². The van der Waals surface area contributed by atoms with E-state index in [0.717, 1.165) is 0 Å². The van der Waals surface area contributed by atoms with Crippen molar-refractivity contribution in [2.45, 2.75) is 23.5 Å². The van der Waals surface area contributed by atoms with E-state index in [1.165, 1.54) is 23.5 Å². The number of hydrogen-bond acceptors (Lipinski definition) is 6. The van der Waals surface area contributed by atoms with Gasteiger partial charge in [-0.1, -0.05) is 11.6 Å². The van der Waals surface area contributed by atoms with Crippen LogP contribution in [0, 0.1) is 0 Å². The summed E-state index contributed by atoms with van der Waals surface area (Å²) in [5.41, 5.74) is -0.526. The molecule has 8 nitrogen and oxygen atoms in total. The van der Waals surface area contributed by atoms with E-state index in [-0.39, 0.29) is 17.3 Å². The molecule has 2 aromatic carbocycles. The number of methoxy groups -OCH3 is 2. The van der Waals surface area contributed by atoms with E-state index in [0.29, 0.717) is 54.6 Å². The Balaban J connectivity index is 1.52. The van der Waals surface area contributed by atoms with Crippen molar-refractivity contribution >= 4 is 27.5 Å². The molecule has 1 amide bonds. The lowest BCUT2D eigenvalue weighted by Crippen LogP contribution is -2.55. The first-order valence-electron chi connectivity index (χ1n) is 10.2. The largest absolute Gasteiger partial charge is 0.497 e. The lowest BCUT2D eigenvalue weighted by molar-refractivity contribution is -0.0857. The molecule has 1 spiro atoms. The van der Waals surface area contributed by atoms with Crippen LogP contribution in [0.2, 0.25) is 5.02 Å². The lowest BCUT2D eigenvalue weighted by atomic mass is 9.99. The van der Waals surface area contributed by atoms with Gasteiger partial charge in [0.25, 0.3) is 5.91 Å². The van der Waals surface area contributed by atoms with Crippen LogP contribution in [0.15, 0.2) is 47.4 Å². The number of amides is 1. The predicted octanol–water partition coefficient (Wildman–Crippen LogP) is 3.01. The minimum Gasteiger partial charge on any atom is -0.497 e. The molecule has 0 aromatic heterocycles. The van der Waals surface area contributed by atoms with E-state index in [1.807, 2.05) is 0 Å². The van der Waals surface area contributed by atoms with E-state index >= 15 is 0 Å². The number of benzene rings is 2. The number of nitrogens with zero attached hydrogens (tertiary/aromatic N) is 2. The van der Waals surface area contributed by atoms with Gasteiger partial charge in [-0.25, -0.2) is 8.42 Å². The normalized spacial score (nSPS) is 18.7. The molecule has 0 atom stereocenters. The molecule has 2 heterocycles. The highest BCUT2D eigenvalue weighted by Crippen LogP contribution is 2.39. The van der Waals surface area contributed by atoms with Crippen molar-refractivity contribution in [1.29, 1.82) is 0 Å². The SMILES string of the molecule is COc1ccc(C(=O)N2CCC3(CC2)OCCN3S(=O)(=O)c2ccc(Cl)cc2)c(OC)c1. The third-order valence-corrected chi connectivity index (χ3v) is 8.21. The first-order valence-corrected chi connectivity index (χ1v) is 12.1. The van der Waals surface area contributed by atoms with E-state index in [2.05, 4.69) is 0 Å². The molecule has 2 fully saturated rings. The number of carbonyl (C=O) groups is 1. The maximum absolute atomic E-state index is 13.3. The van der Waals surface area contributed by atoms with Crippen LogP contribution in [0.1, 0.15) is 23.2 Å². The number of ether oxygens (including phenoxy) is 3. The Morgan fingerprint density at radius 3 is 2.34 bits per heavy atom. The molecule has 0 aliphatic carbocycles. The van der Waals surface area contributed by atoms with Crippen LogP contribution in [0.4, 0.5) is 0 Å². The summed E-state index contributed by atoms with van der Waals surface area (Å²) in [4.78, 5) is 15.0. The first-order chi connectivity index (χ1) is 15.3. The van der Waals surface area contributed by atoms with Gasteiger partial charge < -0.3 is 19.1 Å². The average molecular weight is 481 g/mol. The lowest BCUT2D eigenvalue weighted by Gasteiger charge is -2.42. The number of piperidine rings is 1. The second kappa shape index (κ2) is 8.90. The third kappa shape index (κ3) is 4.05. The maximum Gasteiger partial charge on any atom is 0.257 e. The number of likely N-dealkylation sites (tertiary alicyclic amines) is 1. The number of hydrogen-bond donors (Lipinski definition) is 0. The van der Waals surface area contributed by atoms with E-state index in [9.17, 15) is 13.2 Å². The van der Waals surface area contributed by atoms with Crippen LogP contribution < -0.4 is 9.47 Å². The molecular weight excluding hydrogens is 456 g/mol. The van der Waals surface area contributed by atoms with Crippen LogP contribution in [0.25, 0.3) is 0 Å². The van der Waals surface area contributed by atoms with Gasteiger partial charge in [0.2, 0.25) is 10.0 Å². The van der Waals surface area contributed by atoms with Crippen molar-refractivity contribution < 1.29 is 27.4 Å². The van der Waals surface area contributed by atoms with Gasteiger partial charge in [-0.3, -0.25) is 4.79 Å². The molecule has 0 radical (unpaired) electrons.